The van der Waals surface area contributed by atoms with Gasteiger partial charge in [-0.1, -0.05) is 6.07 Å². The van der Waals surface area contributed by atoms with Gasteiger partial charge in [-0.25, -0.2) is 8.42 Å². The van der Waals surface area contributed by atoms with Crippen molar-refractivity contribution in [2.75, 3.05) is 39.3 Å². The molecule has 29 heavy (non-hydrogen) atoms. The largest absolute Gasteiger partial charge is 0.336 e. The number of amides is 1. The summed E-state index contributed by atoms with van der Waals surface area (Å²) in [5.74, 6) is -0.0485. The molecule has 154 valence electrons. The summed E-state index contributed by atoms with van der Waals surface area (Å²) in [6.07, 6.45) is 3.60. The summed E-state index contributed by atoms with van der Waals surface area (Å²) in [4.78, 5) is 21.6. The number of carbonyl (C=O) groups is 1. The van der Waals surface area contributed by atoms with Crippen LogP contribution < -0.4 is 0 Å². The Morgan fingerprint density at radius 3 is 2.21 bits per heavy atom. The number of nitrogens with zero attached hydrogens (tertiary/aromatic N) is 4. The number of pyridine rings is 1. The Labute approximate surface area is 172 Å². The van der Waals surface area contributed by atoms with Crippen LogP contribution >= 0.6 is 0 Å². The quantitative estimate of drug-likeness (QED) is 0.746. The number of aromatic nitrogens is 1. The number of sulfonamides is 1. The molecule has 0 aliphatic carbocycles. The zero-order valence-corrected chi connectivity index (χ0v) is 17.2. The predicted molar refractivity (Wildman–Crippen MR) is 110 cm³/mol. The van der Waals surface area contributed by atoms with Crippen molar-refractivity contribution < 1.29 is 13.2 Å². The molecule has 2 aliphatic rings. The first-order valence-corrected chi connectivity index (χ1v) is 11.5. The van der Waals surface area contributed by atoms with Gasteiger partial charge in [0.05, 0.1) is 10.6 Å². The van der Waals surface area contributed by atoms with Crippen LogP contribution in [0.15, 0.2) is 53.6 Å². The van der Waals surface area contributed by atoms with Crippen molar-refractivity contribution in [3.63, 3.8) is 0 Å². The van der Waals surface area contributed by atoms with E-state index in [4.69, 9.17) is 0 Å². The summed E-state index contributed by atoms with van der Waals surface area (Å²) in [7, 11) is -3.45. The Kier molecular flexibility index (Phi) is 5.94. The molecule has 0 bridgehead atoms. The third kappa shape index (κ3) is 4.49. The lowest BCUT2D eigenvalue weighted by molar-refractivity contribution is 0.0627. The summed E-state index contributed by atoms with van der Waals surface area (Å²) in [6.45, 7) is 4.83. The Morgan fingerprint density at radius 1 is 0.897 bits per heavy atom. The maximum Gasteiger partial charge on any atom is 0.253 e. The predicted octanol–water partition coefficient (Wildman–Crippen LogP) is 1.82. The number of hydrogen-bond donors (Lipinski definition) is 0. The molecule has 0 N–H and O–H groups in total. The van der Waals surface area contributed by atoms with Crippen molar-refractivity contribution in [3.05, 3.63) is 59.9 Å². The minimum atomic E-state index is -3.45. The second-order valence-corrected chi connectivity index (χ2v) is 9.46. The molecule has 0 unspecified atom stereocenters. The van der Waals surface area contributed by atoms with Crippen LogP contribution in [0.4, 0.5) is 0 Å². The molecule has 0 spiro atoms. The average molecular weight is 415 g/mol. The molecule has 1 amide bonds. The van der Waals surface area contributed by atoms with Crippen molar-refractivity contribution in [2.45, 2.75) is 24.3 Å². The second-order valence-electron chi connectivity index (χ2n) is 7.52. The molecule has 0 saturated carbocycles. The third-order valence-electron chi connectivity index (χ3n) is 5.58. The smallest absolute Gasteiger partial charge is 0.253 e. The lowest BCUT2D eigenvalue weighted by Crippen LogP contribution is -2.48. The van der Waals surface area contributed by atoms with E-state index in [1.165, 1.54) is 4.31 Å². The summed E-state index contributed by atoms with van der Waals surface area (Å²) in [5, 5.41) is 0. The van der Waals surface area contributed by atoms with Gasteiger partial charge in [0.1, 0.15) is 0 Å². The first kappa shape index (κ1) is 20.0. The number of hydrogen-bond acceptors (Lipinski definition) is 5. The monoisotopic (exact) mass is 414 g/mol. The Balaban J connectivity index is 1.35. The van der Waals surface area contributed by atoms with Crippen LogP contribution in [0.2, 0.25) is 0 Å². The van der Waals surface area contributed by atoms with Crippen molar-refractivity contribution in [1.29, 1.82) is 0 Å². The minimum Gasteiger partial charge on any atom is -0.336 e. The Bertz CT molecular complexity index is 934. The highest BCUT2D eigenvalue weighted by Gasteiger charge is 2.28. The van der Waals surface area contributed by atoms with E-state index in [-0.39, 0.29) is 10.8 Å². The summed E-state index contributed by atoms with van der Waals surface area (Å²) in [6, 6.07) is 12.3. The fraction of sp³-hybridized carbons (Fsp3) is 0.429. The van der Waals surface area contributed by atoms with E-state index in [1.807, 2.05) is 23.1 Å². The van der Waals surface area contributed by atoms with E-state index in [9.17, 15) is 13.2 Å². The number of benzene rings is 1. The Hall–Kier alpha value is -2.29. The molecule has 4 rings (SSSR count). The summed E-state index contributed by atoms with van der Waals surface area (Å²) >= 11 is 0. The standard InChI is InChI=1S/C21H26N4O3S/c26-21(24-15-13-23(14-16-24)17-19-5-1-2-10-22-19)18-6-8-20(9-7-18)29(27,28)25-11-3-4-12-25/h1-2,5-10H,3-4,11-17H2. The zero-order valence-electron chi connectivity index (χ0n) is 16.4. The average Bonchev–Trinajstić information content (AvgIpc) is 3.31. The maximum atomic E-state index is 12.8. The first-order valence-electron chi connectivity index (χ1n) is 10.1. The topological polar surface area (TPSA) is 73.8 Å². The molecule has 0 atom stereocenters. The molecule has 1 aromatic carbocycles. The molecule has 2 fully saturated rings. The van der Waals surface area contributed by atoms with Gasteiger partial charge in [-0.2, -0.15) is 4.31 Å². The van der Waals surface area contributed by atoms with Crippen LogP contribution in [0.25, 0.3) is 0 Å². The van der Waals surface area contributed by atoms with Crippen molar-refractivity contribution >= 4 is 15.9 Å². The minimum absolute atomic E-state index is 0.0485. The molecule has 2 aromatic rings. The number of rotatable bonds is 5. The van der Waals surface area contributed by atoms with Gasteiger partial charge < -0.3 is 4.90 Å². The number of carbonyl (C=O) groups excluding carboxylic acids is 1. The van der Waals surface area contributed by atoms with E-state index < -0.39 is 10.0 Å². The Morgan fingerprint density at radius 2 is 1.59 bits per heavy atom. The SMILES string of the molecule is O=C(c1ccc(S(=O)(=O)N2CCCC2)cc1)N1CCN(Cc2ccccn2)CC1. The van der Waals surface area contributed by atoms with E-state index in [0.29, 0.717) is 31.7 Å². The normalized spacial score (nSPS) is 18.8. The van der Waals surface area contributed by atoms with E-state index >= 15 is 0 Å². The summed E-state index contributed by atoms with van der Waals surface area (Å²) < 4.78 is 26.8. The molecule has 1 aromatic heterocycles. The zero-order chi connectivity index (χ0) is 20.3. The highest BCUT2D eigenvalue weighted by atomic mass is 32.2. The van der Waals surface area contributed by atoms with Crippen molar-refractivity contribution in [3.8, 4) is 0 Å². The van der Waals surface area contributed by atoms with Gasteiger partial charge in [0.25, 0.3) is 5.91 Å². The lowest BCUT2D eigenvalue weighted by Gasteiger charge is -2.34. The van der Waals surface area contributed by atoms with Gasteiger partial charge >= 0.3 is 0 Å². The van der Waals surface area contributed by atoms with E-state index in [0.717, 1.165) is 38.2 Å². The van der Waals surface area contributed by atoms with Gasteiger partial charge in [0.2, 0.25) is 10.0 Å². The molecule has 8 heteroatoms. The maximum absolute atomic E-state index is 12.8. The summed E-state index contributed by atoms with van der Waals surface area (Å²) in [5.41, 5.74) is 1.56. The number of piperazine rings is 1. The van der Waals surface area contributed by atoms with E-state index in [2.05, 4.69) is 9.88 Å². The van der Waals surface area contributed by atoms with Crippen LogP contribution in [-0.2, 0) is 16.6 Å². The fourth-order valence-corrected chi connectivity index (χ4v) is 5.38. The van der Waals surface area contributed by atoms with Gasteiger partial charge in [-0.05, 0) is 49.2 Å². The van der Waals surface area contributed by atoms with Crippen molar-refractivity contribution in [1.82, 2.24) is 19.1 Å². The van der Waals surface area contributed by atoms with Crippen LogP contribution in [0, 0.1) is 0 Å². The van der Waals surface area contributed by atoms with Crippen LogP contribution in [0.1, 0.15) is 28.9 Å². The third-order valence-corrected chi connectivity index (χ3v) is 7.49. The van der Waals surface area contributed by atoms with Gasteiger partial charge in [0.15, 0.2) is 0 Å². The van der Waals surface area contributed by atoms with Crippen LogP contribution in [0.3, 0.4) is 0 Å². The molecule has 2 aliphatic heterocycles. The van der Waals surface area contributed by atoms with Crippen LogP contribution in [0.5, 0.6) is 0 Å². The molecule has 2 saturated heterocycles. The highest BCUT2D eigenvalue weighted by Crippen LogP contribution is 2.21. The fourth-order valence-electron chi connectivity index (χ4n) is 3.86. The van der Waals surface area contributed by atoms with Gasteiger partial charge in [0, 0.05) is 57.6 Å². The highest BCUT2D eigenvalue weighted by molar-refractivity contribution is 7.89. The molecule has 0 radical (unpaired) electrons. The molecular weight excluding hydrogens is 388 g/mol. The van der Waals surface area contributed by atoms with Crippen LogP contribution in [-0.4, -0.2) is 72.7 Å². The molecule has 3 heterocycles. The van der Waals surface area contributed by atoms with Gasteiger partial charge in [-0.3, -0.25) is 14.7 Å². The lowest BCUT2D eigenvalue weighted by atomic mass is 10.2. The van der Waals surface area contributed by atoms with Crippen molar-refractivity contribution in [2.24, 2.45) is 0 Å². The van der Waals surface area contributed by atoms with Gasteiger partial charge in [-0.15, -0.1) is 0 Å². The first-order chi connectivity index (χ1) is 14.0. The molecule has 7 nitrogen and oxygen atoms in total. The molecular formula is C21H26N4O3S. The second kappa shape index (κ2) is 8.61. The van der Waals surface area contributed by atoms with E-state index in [1.54, 1.807) is 30.5 Å².